The molecule has 0 bridgehead atoms. The topological polar surface area (TPSA) is 62.2 Å². The summed E-state index contributed by atoms with van der Waals surface area (Å²) >= 11 is 1.04. The molecule has 4 nitrogen and oxygen atoms in total. The fourth-order valence-electron chi connectivity index (χ4n) is 1.44. The molecule has 0 aliphatic heterocycles. The van der Waals surface area contributed by atoms with Crippen LogP contribution >= 0.6 is 11.9 Å². The third-order valence-corrected chi connectivity index (χ3v) is 3.30. The molecule has 0 aliphatic rings. The molecule has 0 amide bonds. The first-order chi connectivity index (χ1) is 9.08. The Morgan fingerprint density at radius 2 is 2.21 bits per heavy atom. The van der Waals surface area contributed by atoms with E-state index in [9.17, 15) is 9.18 Å². The third kappa shape index (κ3) is 3.23. The van der Waals surface area contributed by atoms with E-state index in [0.29, 0.717) is 10.7 Å². The molecule has 1 aromatic carbocycles. The third-order valence-electron chi connectivity index (χ3n) is 2.46. The number of rotatable bonds is 4. The standard InChI is InChI=1S/C13H11FN2O2S/c1-8-4-5-9(14)7-11(8)16-19-12-10(13(17)18)3-2-6-15-12/h2-7,16H,1H3,(H,17,18). The Balaban J connectivity index is 2.19. The minimum atomic E-state index is -1.05. The molecule has 0 radical (unpaired) electrons. The van der Waals surface area contributed by atoms with Gasteiger partial charge in [-0.3, -0.25) is 0 Å². The number of hydrogen-bond donors (Lipinski definition) is 2. The van der Waals surface area contributed by atoms with E-state index in [4.69, 9.17) is 5.11 Å². The number of halogens is 1. The lowest BCUT2D eigenvalue weighted by Crippen LogP contribution is -2.02. The summed E-state index contributed by atoms with van der Waals surface area (Å²) in [5, 5.41) is 9.35. The van der Waals surface area contributed by atoms with Crippen molar-refractivity contribution < 1.29 is 14.3 Å². The minimum Gasteiger partial charge on any atom is -0.478 e. The number of carbonyl (C=O) groups is 1. The second-order valence-electron chi connectivity index (χ2n) is 3.82. The van der Waals surface area contributed by atoms with Gasteiger partial charge in [-0.1, -0.05) is 6.07 Å². The van der Waals surface area contributed by atoms with Crippen LogP contribution in [0.3, 0.4) is 0 Å². The van der Waals surface area contributed by atoms with Crippen molar-refractivity contribution in [3.8, 4) is 0 Å². The summed E-state index contributed by atoms with van der Waals surface area (Å²) in [4.78, 5) is 15.0. The Morgan fingerprint density at radius 3 is 2.95 bits per heavy atom. The Bertz CT molecular complexity index is 619. The van der Waals surface area contributed by atoms with E-state index in [1.54, 1.807) is 12.1 Å². The smallest absolute Gasteiger partial charge is 0.338 e. The number of nitrogens with one attached hydrogen (secondary N) is 1. The largest absolute Gasteiger partial charge is 0.478 e. The Hall–Kier alpha value is -2.08. The lowest BCUT2D eigenvalue weighted by molar-refractivity contribution is 0.0692. The molecule has 0 spiro atoms. The normalized spacial score (nSPS) is 10.2. The van der Waals surface area contributed by atoms with Crippen LogP contribution in [0.1, 0.15) is 15.9 Å². The van der Waals surface area contributed by atoms with Gasteiger partial charge in [0.15, 0.2) is 0 Å². The molecule has 98 valence electrons. The van der Waals surface area contributed by atoms with Gasteiger partial charge in [-0.25, -0.2) is 14.2 Å². The number of hydrogen-bond acceptors (Lipinski definition) is 4. The quantitative estimate of drug-likeness (QED) is 0.840. The summed E-state index contributed by atoms with van der Waals surface area (Å²) < 4.78 is 16.0. The number of anilines is 1. The van der Waals surface area contributed by atoms with Crippen molar-refractivity contribution in [2.75, 3.05) is 4.72 Å². The molecule has 0 aliphatic carbocycles. The van der Waals surface area contributed by atoms with Gasteiger partial charge >= 0.3 is 5.97 Å². The highest BCUT2D eigenvalue weighted by Crippen LogP contribution is 2.25. The number of nitrogens with zero attached hydrogens (tertiary/aromatic N) is 1. The fraction of sp³-hybridized carbons (Fsp3) is 0.0769. The second-order valence-corrected chi connectivity index (χ2v) is 4.62. The van der Waals surface area contributed by atoms with E-state index < -0.39 is 5.97 Å². The number of aromatic carboxylic acids is 1. The van der Waals surface area contributed by atoms with Gasteiger partial charge in [-0.05, 0) is 36.8 Å². The molecule has 1 heterocycles. The maximum atomic E-state index is 13.1. The zero-order chi connectivity index (χ0) is 13.8. The van der Waals surface area contributed by atoms with Crippen LogP contribution in [0.2, 0.25) is 0 Å². The summed E-state index contributed by atoms with van der Waals surface area (Å²) in [5.74, 6) is -1.40. The predicted molar refractivity (Wildman–Crippen MR) is 71.8 cm³/mol. The van der Waals surface area contributed by atoms with Crippen molar-refractivity contribution >= 4 is 23.6 Å². The van der Waals surface area contributed by atoms with E-state index in [1.165, 1.54) is 24.4 Å². The van der Waals surface area contributed by atoms with Crippen LogP contribution in [0.5, 0.6) is 0 Å². The van der Waals surface area contributed by atoms with Gasteiger partial charge in [-0.15, -0.1) is 0 Å². The first kappa shape index (κ1) is 13.4. The van der Waals surface area contributed by atoms with Crippen molar-refractivity contribution in [2.45, 2.75) is 11.9 Å². The number of aromatic nitrogens is 1. The van der Waals surface area contributed by atoms with E-state index in [1.807, 2.05) is 6.92 Å². The van der Waals surface area contributed by atoms with Gasteiger partial charge in [0.2, 0.25) is 0 Å². The van der Waals surface area contributed by atoms with E-state index in [0.717, 1.165) is 17.5 Å². The molecule has 2 aromatic rings. The minimum absolute atomic E-state index is 0.106. The molecular weight excluding hydrogens is 267 g/mol. The van der Waals surface area contributed by atoms with E-state index in [-0.39, 0.29) is 11.4 Å². The lowest BCUT2D eigenvalue weighted by atomic mass is 10.2. The maximum absolute atomic E-state index is 13.1. The molecule has 0 saturated carbocycles. The van der Waals surface area contributed by atoms with Crippen LogP contribution in [-0.4, -0.2) is 16.1 Å². The number of aryl methyl sites for hydroxylation is 1. The van der Waals surface area contributed by atoms with Gasteiger partial charge in [-0.2, -0.15) is 0 Å². The number of carboxylic acid groups (broad SMARTS) is 1. The molecule has 2 N–H and O–H groups in total. The highest BCUT2D eigenvalue weighted by atomic mass is 32.2. The number of carboxylic acids is 1. The molecule has 0 atom stereocenters. The molecule has 0 unspecified atom stereocenters. The molecule has 0 fully saturated rings. The molecule has 2 rings (SSSR count). The zero-order valence-electron chi connectivity index (χ0n) is 10.1. The number of pyridine rings is 1. The van der Waals surface area contributed by atoms with Crippen molar-refractivity contribution in [1.82, 2.24) is 4.98 Å². The first-order valence-corrected chi connectivity index (χ1v) is 6.27. The van der Waals surface area contributed by atoms with Gasteiger partial charge in [0.05, 0.1) is 11.3 Å². The molecule has 1 aromatic heterocycles. The summed E-state index contributed by atoms with van der Waals surface area (Å²) in [6.45, 7) is 1.83. The second kappa shape index (κ2) is 5.71. The van der Waals surface area contributed by atoms with Crippen molar-refractivity contribution in [3.05, 3.63) is 53.5 Å². The highest BCUT2D eigenvalue weighted by Gasteiger charge is 2.11. The van der Waals surface area contributed by atoms with Gasteiger partial charge in [0.1, 0.15) is 10.8 Å². The van der Waals surface area contributed by atoms with Crippen molar-refractivity contribution in [3.63, 3.8) is 0 Å². The summed E-state index contributed by atoms with van der Waals surface area (Å²) in [5.41, 5.74) is 1.56. The average Bonchev–Trinajstić information content (AvgIpc) is 2.40. The molecule has 6 heteroatoms. The highest BCUT2D eigenvalue weighted by molar-refractivity contribution is 8.00. The molecule has 0 saturated heterocycles. The van der Waals surface area contributed by atoms with Gasteiger partial charge in [0.25, 0.3) is 0 Å². The lowest BCUT2D eigenvalue weighted by Gasteiger charge is -2.09. The van der Waals surface area contributed by atoms with Crippen LogP contribution in [0.4, 0.5) is 10.1 Å². The first-order valence-electron chi connectivity index (χ1n) is 5.45. The summed E-state index contributed by atoms with van der Waals surface area (Å²) in [6.07, 6.45) is 1.51. The molecule has 19 heavy (non-hydrogen) atoms. The fourth-order valence-corrected chi connectivity index (χ4v) is 2.25. The van der Waals surface area contributed by atoms with Gasteiger partial charge in [0, 0.05) is 18.1 Å². The van der Waals surface area contributed by atoms with Crippen LogP contribution in [0.25, 0.3) is 0 Å². The van der Waals surface area contributed by atoms with E-state index >= 15 is 0 Å². The van der Waals surface area contributed by atoms with Crippen LogP contribution < -0.4 is 4.72 Å². The van der Waals surface area contributed by atoms with Crippen LogP contribution in [-0.2, 0) is 0 Å². The Morgan fingerprint density at radius 1 is 1.42 bits per heavy atom. The Labute approximate surface area is 113 Å². The SMILES string of the molecule is Cc1ccc(F)cc1NSc1ncccc1C(=O)O. The van der Waals surface area contributed by atoms with Crippen molar-refractivity contribution in [2.24, 2.45) is 0 Å². The van der Waals surface area contributed by atoms with Crippen molar-refractivity contribution in [1.29, 1.82) is 0 Å². The predicted octanol–water partition coefficient (Wildman–Crippen LogP) is 3.35. The van der Waals surface area contributed by atoms with Crippen LogP contribution in [0, 0.1) is 12.7 Å². The number of benzene rings is 1. The Kier molecular flexibility index (Phi) is 4.01. The average molecular weight is 278 g/mol. The van der Waals surface area contributed by atoms with Gasteiger partial charge < -0.3 is 9.83 Å². The molecular formula is C13H11FN2O2S. The summed E-state index contributed by atoms with van der Waals surface area (Å²) in [7, 11) is 0. The van der Waals surface area contributed by atoms with Crippen LogP contribution in [0.15, 0.2) is 41.6 Å². The monoisotopic (exact) mass is 278 g/mol. The van der Waals surface area contributed by atoms with E-state index in [2.05, 4.69) is 9.71 Å². The zero-order valence-corrected chi connectivity index (χ0v) is 10.9. The maximum Gasteiger partial charge on any atom is 0.338 e. The summed E-state index contributed by atoms with van der Waals surface area (Å²) in [6, 6.07) is 7.40.